The molecule has 0 spiro atoms. The molecule has 19 heavy (non-hydrogen) atoms. The fraction of sp³-hybridized carbons (Fsp3) is 0.462. The Balaban J connectivity index is 2.63. The molecule has 0 heterocycles. The van der Waals surface area contributed by atoms with Crippen molar-refractivity contribution in [3.63, 3.8) is 0 Å². The molecule has 0 fully saturated rings. The van der Waals surface area contributed by atoms with Crippen LogP contribution >= 0.6 is 0 Å². The number of hydrogen-bond acceptors (Lipinski definition) is 4. The Morgan fingerprint density at radius 1 is 1.47 bits per heavy atom. The van der Waals surface area contributed by atoms with Gasteiger partial charge < -0.3 is 20.5 Å². The van der Waals surface area contributed by atoms with Crippen LogP contribution in [0.1, 0.15) is 12.5 Å². The number of benzene rings is 1. The number of carbonyl (C=O) groups is 1. The van der Waals surface area contributed by atoms with E-state index < -0.39 is 17.8 Å². The molecule has 0 bridgehead atoms. The van der Waals surface area contributed by atoms with Crippen molar-refractivity contribution in [2.24, 2.45) is 5.73 Å². The van der Waals surface area contributed by atoms with Crippen molar-refractivity contribution in [3.8, 4) is 5.75 Å². The molecular formula is C13H19FN2O3. The minimum absolute atomic E-state index is 0.287. The molecule has 1 rings (SSSR count). The highest BCUT2D eigenvalue weighted by molar-refractivity contribution is 5.78. The molecule has 106 valence electrons. The van der Waals surface area contributed by atoms with Gasteiger partial charge >= 0.3 is 0 Å². The van der Waals surface area contributed by atoms with Gasteiger partial charge in [-0.25, -0.2) is 4.39 Å². The number of methoxy groups -OCH3 is 1. The second-order valence-corrected chi connectivity index (χ2v) is 4.13. The fourth-order valence-electron chi connectivity index (χ4n) is 1.46. The number of nitrogens with one attached hydrogen (secondary N) is 1. The summed E-state index contributed by atoms with van der Waals surface area (Å²) in [4.78, 5) is 10.9. The fourth-order valence-corrected chi connectivity index (χ4v) is 1.46. The van der Waals surface area contributed by atoms with Crippen LogP contribution in [0, 0.1) is 5.82 Å². The standard InChI is InChI=1S/C13H19FN2O3/c1-9(13(15)17)19-12-6-10(5-11(14)7-12)8-16-3-4-18-2/h5-7,9,16H,3-4,8H2,1-2H3,(H2,15,17). The number of amides is 1. The molecule has 0 saturated heterocycles. The molecule has 1 aromatic carbocycles. The predicted molar refractivity (Wildman–Crippen MR) is 69.3 cm³/mol. The quantitative estimate of drug-likeness (QED) is 0.686. The Kier molecular flexibility index (Phi) is 6.24. The van der Waals surface area contributed by atoms with Gasteiger partial charge in [-0.15, -0.1) is 0 Å². The summed E-state index contributed by atoms with van der Waals surface area (Å²) in [7, 11) is 1.61. The van der Waals surface area contributed by atoms with Crippen molar-refractivity contribution in [3.05, 3.63) is 29.6 Å². The first kappa shape index (κ1) is 15.4. The van der Waals surface area contributed by atoms with Gasteiger partial charge in [-0.3, -0.25) is 4.79 Å². The van der Waals surface area contributed by atoms with Crippen LogP contribution in [0.4, 0.5) is 4.39 Å². The van der Waals surface area contributed by atoms with E-state index in [1.165, 1.54) is 19.1 Å². The van der Waals surface area contributed by atoms with E-state index in [1.807, 2.05) is 0 Å². The number of rotatable bonds is 8. The Morgan fingerprint density at radius 2 is 2.21 bits per heavy atom. The van der Waals surface area contributed by atoms with Crippen LogP contribution in [-0.2, 0) is 16.1 Å². The highest BCUT2D eigenvalue weighted by atomic mass is 19.1. The number of halogens is 1. The molecule has 1 unspecified atom stereocenters. The number of hydrogen-bond donors (Lipinski definition) is 2. The Bertz CT molecular complexity index is 426. The highest BCUT2D eigenvalue weighted by Crippen LogP contribution is 2.17. The summed E-state index contributed by atoms with van der Waals surface area (Å²) in [6.45, 7) is 3.25. The van der Waals surface area contributed by atoms with Crippen LogP contribution in [0.3, 0.4) is 0 Å². The van der Waals surface area contributed by atoms with Crippen LogP contribution in [0.2, 0.25) is 0 Å². The van der Waals surface area contributed by atoms with Crippen LogP contribution in [0.15, 0.2) is 18.2 Å². The van der Waals surface area contributed by atoms with E-state index in [0.29, 0.717) is 19.7 Å². The lowest BCUT2D eigenvalue weighted by molar-refractivity contribution is -0.123. The number of nitrogens with two attached hydrogens (primary N) is 1. The minimum Gasteiger partial charge on any atom is -0.481 e. The molecule has 0 aliphatic heterocycles. The number of carbonyl (C=O) groups excluding carboxylic acids is 1. The predicted octanol–water partition coefficient (Wildman–Crippen LogP) is 0.814. The molecule has 0 aliphatic rings. The van der Waals surface area contributed by atoms with E-state index in [1.54, 1.807) is 13.2 Å². The summed E-state index contributed by atoms with van der Waals surface area (Å²) < 4.78 is 23.6. The van der Waals surface area contributed by atoms with Crippen molar-refractivity contribution < 1.29 is 18.7 Å². The molecule has 3 N–H and O–H groups in total. The molecule has 0 saturated carbocycles. The van der Waals surface area contributed by atoms with Gasteiger partial charge in [-0.05, 0) is 24.6 Å². The summed E-state index contributed by atoms with van der Waals surface area (Å²) in [6, 6.07) is 4.29. The van der Waals surface area contributed by atoms with E-state index >= 15 is 0 Å². The van der Waals surface area contributed by atoms with Crippen LogP contribution in [0.5, 0.6) is 5.75 Å². The van der Waals surface area contributed by atoms with Gasteiger partial charge in [0.2, 0.25) is 0 Å². The molecule has 1 atom stereocenters. The van der Waals surface area contributed by atoms with Gasteiger partial charge in [0, 0.05) is 26.3 Å². The van der Waals surface area contributed by atoms with Crippen molar-refractivity contribution in [2.45, 2.75) is 19.6 Å². The average Bonchev–Trinajstić information content (AvgIpc) is 2.34. The van der Waals surface area contributed by atoms with Crippen molar-refractivity contribution >= 4 is 5.91 Å². The van der Waals surface area contributed by atoms with Gasteiger partial charge in [0.05, 0.1) is 6.61 Å². The Hall–Kier alpha value is -1.66. The summed E-state index contributed by atoms with van der Waals surface area (Å²) in [5.74, 6) is -0.725. The zero-order chi connectivity index (χ0) is 14.3. The van der Waals surface area contributed by atoms with E-state index in [4.69, 9.17) is 15.2 Å². The van der Waals surface area contributed by atoms with E-state index in [-0.39, 0.29) is 5.75 Å². The highest BCUT2D eigenvalue weighted by Gasteiger charge is 2.11. The largest absolute Gasteiger partial charge is 0.481 e. The minimum atomic E-state index is -0.795. The molecular weight excluding hydrogens is 251 g/mol. The van der Waals surface area contributed by atoms with Crippen LogP contribution in [0.25, 0.3) is 0 Å². The maximum absolute atomic E-state index is 13.4. The Labute approximate surface area is 111 Å². The number of primary amides is 1. The summed E-state index contributed by atoms with van der Waals surface area (Å²) in [5.41, 5.74) is 5.81. The molecule has 5 nitrogen and oxygen atoms in total. The summed E-state index contributed by atoms with van der Waals surface area (Å²) in [5, 5.41) is 3.09. The van der Waals surface area contributed by atoms with Crippen molar-refractivity contribution in [2.75, 3.05) is 20.3 Å². The van der Waals surface area contributed by atoms with Gasteiger partial charge in [0.25, 0.3) is 5.91 Å². The second kappa shape index (κ2) is 7.70. The topological polar surface area (TPSA) is 73.6 Å². The molecule has 0 radical (unpaired) electrons. The normalized spacial score (nSPS) is 12.2. The zero-order valence-electron chi connectivity index (χ0n) is 11.1. The zero-order valence-corrected chi connectivity index (χ0v) is 11.1. The molecule has 0 aliphatic carbocycles. The average molecular weight is 270 g/mol. The first-order chi connectivity index (χ1) is 9.02. The van der Waals surface area contributed by atoms with Crippen molar-refractivity contribution in [1.82, 2.24) is 5.32 Å². The molecule has 6 heteroatoms. The van der Waals surface area contributed by atoms with Gasteiger partial charge in [0.15, 0.2) is 6.10 Å². The molecule has 0 aromatic heterocycles. The van der Waals surface area contributed by atoms with Crippen LogP contribution in [-0.4, -0.2) is 32.3 Å². The SMILES string of the molecule is COCCNCc1cc(F)cc(OC(C)C(N)=O)c1. The van der Waals surface area contributed by atoms with Gasteiger partial charge in [0.1, 0.15) is 11.6 Å². The first-order valence-corrected chi connectivity index (χ1v) is 5.98. The lowest BCUT2D eigenvalue weighted by Gasteiger charge is -2.13. The lowest BCUT2D eigenvalue weighted by Crippen LogP contribution is -2.30. The maximum atomic E-state index is 13.4. The van der Waals surface area contributed by atoms with E-state index in [0.717, 1.165) is 5.56 Å². The van der Waals surface area contributed by atoms with E-state index in [9.17, 15) is 9.18 Å². The van der Waals surface area contributed by atoms with E-state index in [2.05, 4.69) is 5.32 Å². The third-order valence-corrected chi connectivity index (χ3v) is 2.46. The van der Waals surface area contributed by atoms with Gasteiger partial charge in [-0.1, -0.05) is 0 Å². The second-order valence-electron chi connectivity index (χ2n) is 4.13. The molecule has 1 amide bonds. The number of ether oxygens (including phenoxy) is 2. The summed E-state index contributed by atoms with van der Waals surface area (Å²) >= 11 is 0. The first-order valence-electron chi connectivity index (χ1n) is 5.98. The Morgan fingerprint density at radius 3 is 2.84 bits per heavy atom. The third-order valence-electron chi connectivity index (χ3n) is 2.46. The maximum Gasteiger partial charge on any atom is 0.258 e. The summed E-state index contributed by atoms with van der Waals surface area (Å²) in [6.07, 6.45) is -0.795. The lowest BCUT2D eigenvalue weighted by atomic mass is 10.2. The van der Waals surface area contributed by atoms with Crippen LogP contribution < -0.4 is 15.8 Å². The smallest absolute Gasteiger partial charge is 0.258 e. The molecule has 1 aromatic rings. The van der Waals surface area contributed by atoms with Crippen molar-refractivity contribution in [1.29, 1.82) is 0 Å². The monoisotopic (exact) mass is 270 g/mol. The third kappa shape index (κ3) is 5.67. The van der Waals surface area contributed by atoms with Gasteiger partial charge in [-0.2, -0.15) is 0 Å².